The molecule has 0 saturated carbocycles. The number of nitrogens with one attached hydrogen (secondary N) is 1. The van der Waals surface area contributed by atoms with Gasteiger partial charge in [0.2, 0.25) is 0 Å². The second-order valence-corrected chi connectivity index (χ2v) is 3.71. The van der Waals surface area contributed by atoms with Crippen molar-refractivity contribution in [2.75, 3.05) is 5.43 Å². The molecule has 1 heterocycles. The summed E-state index contributed by atoms with van der Waals surface area (Å²) in [7, 11) is 0. The van der Waals surface area contributed by atoms with Crippen molar-refractivity contribution in [2.45, 2.75) is 13.5 Å². The van der Waals surface area contributed by atoms with E-state index in [1.165, 1.54) is 5.56 Å². The maximum absolute atomic E-state index is 5.69. The number of benzene rings is 1. The monoisotopic (exact) mass is 229 g/mol. The predicted molar refractivity (Wildman–Crippen MR) is 67.6 cm³/mol. The molecular weight excluding hydrogens is 214 g/mol. The lowest BCUT2D eigenvalue weighted by Gasteiger charge is -2.11. The summed E-state index contributed by atoms with van der Waals surface area (Å²) in [6.45, 7) is 2.57. The van der Waals surface area contributed by atoms with Crippen molar-refractivity contribution in [2.24, 2.45) is 5.84 Å². The molecule has 1 aromatic carbocycles. The van der Waals surface area contributed by atoms with Crippen LogP contribution in [0, 0.1) is 6.92 Å². The van der Waals surface area contributed by atoms with Gasteiger partial charge in [0.05, 0.1) is 0 Å². The summed E-state index contributed by atoms with van der Waals surface area (Å²) in [5.74, 6) is 6.55. The third-order valence-corrected chi connectivity index (χ3v) is 2.55. The van der Waals surface area contributed by atoms with Crippen molar-refractivity contribution < 1.29 is 4.74 Å². The highest BCUT2D eigenvalue weighted by molar-refractivity contribution is 5.48. The molecule has 4 nitrogen and oxygen atoms in total. The molecule has 3 N–H and O–H groups in total. The van der Waals surface area contributed by atoms with Crippen molar-refractivity contribution in [3.63, 3.8) is 0 Å². The summed E-state index contributed by atoms with van der Waals surface area (Å²) in [5, 5.41) is 0. The van der Waals surface area contributed by atoms with Crippen LogP contribution in [0.5, 0.6) is 5.75 Å². The number of hydrogen-bond acceptors (Lipinski definition) is 4. The highest BCUT2D eigenvalue weighted by atomic mass is 16.5. The van der Waals surface area contributed by atoms with E-state index >= 15 is 0 Å². The zero-order chi connectivity index (χ0) is 12.1. The molecule has 0 aliphatic rings. The standard InChI is InChI=1S/C13H15N3O/c1-10-5-2-3-6-11(10)9-17-12-7-4-8-15-13(12)16-14/h2-8H,9,14H2,1H3,(H,15,16). The molecule has 0 atom stereocenters. The van der Waals surface area contributed by atoms with E-state index in [-0.39, 0.29) is 0 Å². The summed E-state index contributed by atoms with van der Waals surface area (Å²) in [6.07, 6.45) is 1.66. The number of ether oxygens (including phenoxy) is 1. The first-order valence-corrected chi connectivity index (χ1v) is 5.40. The number of anilines is 1. The van der Waals surface area contributed by atoms with Crippen LogP contribution in [0.3, 0.4) is 0 Å². The van der Waals surface area contributed by atoms with Crippen LogP contribution in [-0.4, -0.2) is 4.98 Å². The normalized spacial score (nSPS) is 10.0. The average Bonchev–Trinajstić information content (AvgIpc) is 2.38. The van der Waals surface area contributed by atoms with Gasteiger partial charge in [-0.05, 0) is 30.2 Å². The number of pyridine rings is 1. The Balaban J connectivity index is 2.10. The van der Waals surface area contributed by atoms with Gasteiger partial charge in [-0.15, -0.1) is 0 Å². The summed E-state index contributed by atoms with van der Waals surface area (Å²) in [5.41, 5.74) is 4.87. The fourth-order valence-corrected chi connectivity index (χ4v) is 1.54. The van der Waals surface area contributed by atoms with Crippen molar-refractivity contribution in [3.8, 4) is 5.75 Å². The highest BCUT2D eigenvalue weighted by Gasteiger charge is 2.03. The Morgan fingerprint density at radius 3 is 2.82 bits per heavy atom. The van der Waals surface area contributed by atoms with Crippen LogP contribution in [0.2, 0.25) is 0 Å². The Labute approximate surface area is 100 Å². The Hall–Kier alpha value is -2.07. The fourth-order valence-electron chi connectivity index (χ4n) is 1.54. The molecule has 0 spiro atoms. The van der Waals surface area contributed by atoms with Crippen molar-refractivity contribution in [1.82, 2.24) is 4.98 Å². The number of aryl methyl sites for hydroxylation is 1. The SMILES string of the molecule is Cc1ccccc1COc1cccnc1NN. The van der Waals surface area contributed by atoms with Crippen molar-refractivity contribution in [3.05, 3.63) is 53.7 Å². The molecule has 0 saturated heterocycles. The molecule has 4 heteroatoms. The highest BCUT2D eigenvalue weighted by Crippen LogP contribution is 2.21. The third kappa shape index (κ3) is 2.73. The average molecular weight is 229 g/mol. The molecule has 0 bridgehead atoms. The van der Waals surface area contributed by atoms with E-state index < -0.39 is 0 Å². The van der Waals surface area contributed by atoms with Gasteiger partial charge in [-0.2, -0.15) is 0 Å². The first-order valence-electron chi connectivity index (χ1n) is 5.40. The molecule has 2 rings (SSSR count). The summed E-state index contributed by atoms with van der Waals surface area (Å²) >= 11 is 0. The Morgan fingerprint density at radius 2 is 2.06 bits per heavy atom. The fraction of sp³-hybridized carbons (Fsp3) is 0.154. The van der Waals surface area contributed by atoms with Gasteiger partial charge < -0.3 is 10.2 Å². The van der Waals surface area contributed by atoms with Crippen molar-refractivity contribution in [1.29, 1.82) is 0 Å². The number of hydrogen-bond donors (Lipinski definition) is 2. The molecule has 0 amide bonds. The van der Waals surface area contributed by atoms with Gasteiger partial charge in [-0.1, -0.05) is 24.3 Å². The smallest absolute Gasteiger partial charge is 0.182 e. The van der Waals surface area contributed by atoms with Crippen LogP contribution in [0.1, 0.15) is 11.1 Å². The molecule has 2 aromatic rings. The van der Waals surface area contributed by atoms with Crippen LogP contribution in [0.25, 0.3) is 0 Å². The largest absolute Gasteiger partial charge is 0.485 e. The van der Waals surface area contributed by atoms with Gasteiger partial charge in [-0.25, -0.2) is 10.8 Å². The molecule has 0 radical (unpaired) electrons. The minimum absolute atomic E-state index is 0.507. The van der Waals surface area contributed by atoms with E-state index in [2.05, 4.69) is 23.4 Å². The number of nitrogen functional groups attached to an aromatic ring is 1. The first kappa shape index (κ1) is 11.4. The number of nitrogens with zero attached hydrogens (tertiary/aromatic N) is 1. The maximum Gasteiger partial charge on any atom is 0.182 e. The van der Waals surface area contributed by atoms with Gasteiger partial charge in [0.25, 0.3) is 0 Å². The Morgan fingerprint density at radius 1 is 1.24 bits per heavy atom. The number of nitrogens with two attached hydrogens (primary N) is 1. The zero-order valence-electron chi connectivity index (χ0n) is 9.68. The number of aromatic nitrogens is 1. The molecular formula is C13H15N3O. The van der Waals surface area contributed by atoms with Gasteiger partial charge in [0, 0.05) is 6.20 Å². The van der Waals surface area contributed by atoms with E-state index in [1.54, 1.807) is 6.20 Å². The lowest BCUT2D eigenvalue weighted by molar-refractivity contribution is 0.306. The quantitative estimate of drug-likeness (QED) is 0.623. The third-order valence-electron chi connectivity index (χ3n) is 2.55. The van der Waals surface area contributed by atoms with Crippen LogP contribution < -0.4 is 16.0 Å². The van der Waals surface area contributed by atoms with Gasteiger partial charge in [0.1, 0.15) is 6.61 Å². The predicted octanol–water partition coefficient (Wildman–Crippen LogP) is 2.25. The molecule has 0 aliphatic carbocycles. The second-order valence-electron chi connectivity index (χ2n) is 3.71. The maximum atomic E-state index is 5.69. The topological polar surface area (TPSA) is 60.2 Å². The van der Waals surface area contributed by atoms with E-state index in [1.807, 2.05) is 30.3 Å². The molecule has 0 unspecified atom stereocenters. The van der Waals surface area contributed by atoms with Gasteiger partial charge in [-0.3, -0.25) is 0 Å². The molecule has 0 fully saturated rings. The number of hydrazine groups is 1. The van der Waals surface area contributed by atoms with Crippen LogP contribution in [-0.2, 0) is 6.61 Å². The minimum Gasteiger partial charge on any atom is -0.485 e. The minimum atomic E-state index is 0.507. The van der Waals surface area contributed by atoms with E-state index in [0.717, 1.165) is 5.56 Å². The van der Waals surface area contributed by atoms with Gasteiger partial charge >= 0.3 is 0 Å². The molecule has 1 aromatic heterocycles. The zero-order valence-corrected chi connectivity index (χ0v) is 9.68. The van der Waals surface area contributed by atoms with E-state index in [4.69, 9.17) is 10.6 Å². The Bertz CT molecular complexity index is 500. The second kappa shape index (κ2) is 5.32. The van der Waals surface area contributed by atoms with Crippen LogP contribution in [0.15, 0.2) is 42.6 Å². The Kier molecular flexibility index (Phi) is 3.57. The lowest BCUT2D eigenvalue weighted by Crippen LogP contribution is -2.10. The first-order chi connectivity index (χ1) is 8.31. The molecule has 88 valence electrons. The van der Waals surface area contributed by atoms with E-state index in [0.29, 0.717) is 18.2 Å². The molecule has 0 aliphatic heterocycles. The van der Waals surface area contributed by atoms with Crippen LogP contribution >= 0.6 is 0 Å². The number of rotatable bonds is 4. The van der Waals surface area contributed by atoms with Gasteiger partial charge in [0.15, 0.2) is 11.6 Å². The van der Waals surface area contributed by atoms with Crippen LogP contribution in [0.4, 0.5) is 5.82 Å². The molecule has 17 heavy (non-hydrogen) atoms. The van der Waals surface area contributed by atoms with Crippen molar-refractivity contribution >= 4 is 5.82 Å². The van der Waals surface area contributed by atoms with E-state index in [9.17, 15) is 0 Å². The summed E-state index contributed by atoms with van der Waals surface area (Å²) in [4.78, 5) is 4.07. The summed E-state index contributed by atoms with van der Waals surface area (Å²) in [6, 6.07) is 11.8. The lowest BCUT2D eigenvalue weighted by atomic mass is 10.1. The summed E-state index contributed by atoms with van der Waals surface area (Å²) < 4.78 is 5.69.